The molecule has 0 unspecified atom stereocenters. The molecular weight excluding hydrogens is 547 g/mol. The van der Waals surface area contributed by atoms with E-state index >= 15 is 0 Å². The van der Waals surface area contributed by atoms with Gasteiger partial charge in [-0.15, -0.1) is 0 Å². The topological polar surface area (TPSA) is 141 Å². The van der Waals surface area contributed by atoms with E-state index < -0.39 is 49.5 Å². The van der Waals surface area contributed by atoms with Crippen LogP contribution in [0.5, 0.6) is 17.2 Å². The van der Waals surface area contributed by atoms with Crippen molar-refractivity contribution in [3.8, 4) is 22.9 Å². The second-order valence-electron chi connectivity index (χ2n) is 7.78. The molecule has 4 rings (SSSR count). The predicted octanol–water partition coefficient (Wildman–Crippen LogP) is 3.26. The number of aliphatic hydroxyl groups excluding tert-OH is 1. The van der Waals surface area contributed by atoms with Crippen molar-refractivity contribution >= 4 is 33.0 Å². The van der Waals surface area contributed by atoms with E-state index in [9.17, 15) is 31.9 Å². The molecule has 15 heteroatoms. The van der Waals surface area contributed by atoms with E-state index in [1.165, 1.54) is 37.4 Å². The van der Waals surface area contributed by atoms with E-state index in [-0.39, 0.29) is 45.8 Å². The second kappa shape index (κ2) is 9.81. The first kappa shape index (κ1) is 26.1. The van der Waals surface area contributed by atoms with Crippen LogP contribution in [0, 0.1) is 0 Å². The summed E-state index contributed by atoms with van der Waals surface area (Å²) in [6, 6.07) is 6.61. The van der Waals surface area contributed by atoms with Gasteiger partial charge in [0.2, 0.25) is 0 Å². The van der Waals surface area contributed by atoms with Gasteiger partial charge < -0.3 is 14.6 Å². The molecule has 0 saturated heterocycles. The number of nitrogens with one attached hydrogen (secondary N) is 1. The first-order valence-electron chi connectivity index (χ1n) is 10.2. The fraction of sp³-hybridized carbons (Fsp3) is 0.286. The van der Waals surface area contributed by atoms with Gasteiger partial charge >= 0.3 is 5.69 Å². The first-order valence-corrected chi connectivity index (χ1v) is 12.5. The summed E-state index contributed by atoms with van der Waals surface area (Å²) in [7, 11) is -2.84. The van der Waals surface area contributed by atoms with Gasteiger partial charge in [-0.1, -0.05) is 29.3 Å². The number of ether oxygens (including phenoxy) is 2. The number of aromatic amines is 1. The van der Waals surface area contributed by atoms with Crippen molar-refractivity contribution < 1.29 is 31.8 Å². The third-order valence-electron chi connectivity index (χ3n) is 5.44. The van der Waals surface area contributed by atoms with Crippen molar-refractivity contribution in [2.45, 2.75) is 35.5 Å². The summed E-state index contributed by atoms with van der Waals surface area (Å²) < 4.78 is 64.0. The number of nitrogens with zero attached hydrogens (tertiary/aromatic N) is 2. The largest absolute Gasteiger partial charge is 0.494 e. The molecule has 10 nitrogen and oxygen atoms in total. The van der Waals surface area contributed by atoms with Crippen molar-refractivity contribution in [2.75, 3.05) is 7.11 Å². The number of methoxy groups -OCH3 is 1. The van der Waals surface area contributed by atoms with Gasteiger partial charge in [-0.25, -0.2) is 22.0 Å². The molecule has 2 aromatic carbocycles. The summed E-state index contributed by atoms with van der Waals surface area (Å²) >= 11 is 12.7. The zero-order chi connectivity index (χ0) is 26.4. The van der Waals surface area contributed by atoms with Gasteiger partial charge in [-0.05, 0) is 25.0 Å². The normalized spacial score (nSPS) is 17.6. The zero-order valence-electron chi connectivity index (χ0n) is 18.2. The highest BCUT2D eigenvalue weighted by atomic mass is 35.5. The average Bonchev–Trinajstić information content (AvgIpc) is 2.78. The Morgan fingerprint density at radius 1 is 1.22 bits per heavy atom. The van der Waals surface area contributed by atoms with Gasteiger partial charge in [0.1, 0.15) is 21.4 Å². The number of aromatic nitrogens is 3. The highest BCUT2D eigenvalue weighted by Crippen LogP contribution is 2.47. The molecule has 192 valence electrons. The Balaban J connectivity index is 1.77. The van der Waals surface area contributed by atoms with E-state index in [1.807, 2.05) is 0 Å². The van der Waals surface area contributed by atoms with Crippen LogP contribution in [0.3, 0.4) is 0 Å². The van der Waals surface area contributed by atoms with Crippen LogP contribution < -0.4 is 20.7 Å². The minimum Gasteiger partial charge on any atom is -0.494 e. The second-order valence-corrected chi connectivity index (χ2v) is 10.7. The molecule has 0 bridgehead atoms. The lowest BCUT2D eigenvalue weighted by Crippen LogP contribution is -2.39. The third-order valence-corrected chi connectivity index (χ3v) is 8.43. The number of hydrogen-bond donors (Lipinski definition) is 2. The van der Waals surface area contributed by atoms with Crippen LogP contribution in [0.1, 0.15) is 25.0 Å². The van der Waals surface area contributed by atoms with Gasteiger partial charge in [0, 0.05) is 12.1 Å². The Bertz CT molecular complexity index is 1550. The van der Waals surface area contributed by atoms with Crippen LogP contribution in [0.4, 0.5) is 8.78 Å². The molecular formula is C21H17Cl2F2N3O7S. The van der Waals surface area contributed by atoms with Gasteiger partial charge in [0.15, 0.2) is 21.3 Å². The Hall–Kier alpha value is -3.00. The smallest absolute Gasteiger partial charge is 0.349 e. The highest BCUT2D eigenvalue weighted by Gasteiger charge is 2.42. The quantitative estimate of drug-likeness (QED) is 0.446. The Kier molecular flexibility index (Phi) is 7.10. The highest BCUT2D eigenvalue weighted by molar-refractivity contribution is 7.92. The van der Waals surface area contributed by atoms with Crippen LogP contribution in [-0.4, -0.2) is 46.8 Å². The Morgan fingerprint density at radius 3 is 2.53 bits per heavy atom. The van der Waals surface area contributed by atoms with Crippen molar-refractivity contribution in [1.82, 2.24) is 14.8 Å². The first-order chi connectivity index (χ1) is 16.9. The lowest BCUT2D eigenvalue weighted by Gasteiger charge is -2.31. The van der Waals surface area contributed by atoms with Crippen LogP contribution in [0.25, 0.3) is 5.69 Å². The van der Waals surface area contributed by atoms with Crippen molar-refractivity contribution in [3.63, 3.8) is 0 Å². The van der Waals surface area contributed by atoms with Crippen LogP contribution in [-0.2, 0) is 9.84 Å². The number of alkyl halides is 2. The van der Waals surface area contributed by atoms with Gasteiger partial charge in [0.25, 0.3) is 12.0 Å². The number of H-pyrrole nitrogens is 1. The summed E-state index contributed by atoms with van der Waals surface area (Å²) in [5, 5.41) is 11.6. The molecule has 0 atom stereocenters. The van der Waals surface area contributed by atoms with Gasteiger partial charge in [-0.3, -0.25) is 9.78 Å². The van der Waals surface area contributed by atoms with E-state index in [0.717, 1.165) is 0 Å². The molecule has 1 fully saturated rings. The molecule has 0 amide bonds. The molecule has 1 aliphatic carbocycles. The molecule has 1 saturated carbocycles. The number of hydrogen-bond acceptors (Lipinski definition) is 8. The summed E-state index contributed by atoms with van der Waals surface area (Å²) in [6.45, 7) is 0. The standard InChI is InChI=1S/C21H17Cl2F2N3O7S/c1-34-17-13(22)8-14(15(23)18(17)36(32,33)12-6-10(29)7-12)35-11-4-2-3-9(5-11)28-21(31)26-20(30)16(27-28)19(24)25/h2-5,8,10,12,19,29H,6-7H2,1H3,(H,26,30,31). The molecule has 1 aromatic heterocycles. The molecule has 0 spiro atoms. The average molecular weight is 564 g/mol. The minimum atomic E-state index is -4.06. The van der Waals surface area contributed by atoms with Gasteiger partial charge in [0.05, 0.1) is 29.2 Å². The molecule has 0 radical (unpaired) electrons. The molecule has 1 aliphatic rings. The molecule has 1 heterocycles. The maximum Gasteiger partial charge on any atom is 0.349 e. The van der Waals surface area contributed by atoms with E-state index in [4.69, 9.17) is 32.7 Å². The lowest BCUT2D eigenvalue weighted by atomic mass is 9.96. The summed E-state index contributed by atoms with van der Waals surface area (Å²) in [5.74, 6) is -0.350. The number of benzene rings is 2. The maximum absolute atomic E-state index is 13.2. The maximum atomic E-state index is 13.2. The van der Waals surface area contributed by atoms with Gasteiger partial charge in [-0.2, -0.15) is 9.78 Å². The number of halogens is 4. The van der Waals surface area contributed by atoms with Crippen LogP contribution >= 0.6 is 23.2 Å². The Morgan fingerprint density at radius 2 is 1.92 bits per heavy atom. The fourth-order valence-corrected chi connectivity index (χ4v) is 6.49. The zero-order valence-corrected chi connectivity index (χ0v) is 20.6. The Labute approximate surface area is 211 Å². The van der Waals surface area contributed by atoms with Crippen molar-refractivity contribution in [3.05, 3.63) is 66.9 Å². The molecule has 0 aliphatic heterocycles. The summed E-state index contributed by atoms with van der Waals surface area (Å²) in [4.78, 5) is 25.1. The van der Waals surface area contributed by atoms with Crippen LogP contribution in [0.15, 0.2) is 44.8 Å². The van der Waals surface area contributed by atoms with Crippen LogP contribution in [0.2, 0.25) is 10.0 Å². The predicted molar refractivity (Wildman–Crippen MR) is 125 cm³/mol. The number of sulfone groups is 1. The third kappa shape index (κ3) is 4.71. The van der Waals surface area contributed by atoms with E-state index in [0.29, 0.717) is 4.68 Å². The summed E-state index contributed by atoms with van der Waals surface area (Å²) in [5.41, 5.74) is -3.57. The summed E-state index contributed by atoms with van der Waals surface area (Å²) in [6.07, 6.45) is -3.93. The molecule has 2 N–H and O–H groups in total. The lowest BCUT2D eigenvalue weighted by molar-refractivity contribution is 0.0976. The van der Waals surface area contributed by atoms with E-state index in [1.54, 1.807) is 4.98 Å². The van der Waals surface area contributed by atoms with Crippen molar-refractivity contribution in [1.29, 1.82) is 0 Å². The molecule has 36 heavy (non-hydrogen) atoms. The number of rotatable bonds is 7. The fourth-order valence-electron chi connectivity index (χ4n) is 3.58. The minimum absolute atomic E-state index is 0.0107. The van der Waals surface area contributed by atoms with E-state index in [2.05, 4.69) is 5.10 Å². The number of aliphatic hydroxyl groups is 1. The SMILES string of the molecule is COc1c(Cl)cc(Oc2cccc(-n3nc(C(F)F)c(=O)[nH]c3=O)c2)c(Cl)c1S(=O)(=O)C1CC(O)C1. The van der Waals surface area contributed by atoms with Crippen molar-refractivity contribution in [2.24, 2.45) is 0 Å². The monoisotopic (exact) mass is 563 g/mol. The molecule has 3 aromatic rings.